The van der Waals surface area contributed by atoms with E-state index < -0.39 is 10.7 Å². The van der Waals surface area contributed by atoms with Crippen LogP contribution in [-0.4, -0.2) is 33.9 Å². The van der Waals surface area contributed by atoms with Crippen molar-refractivity contribution in [2.24, 2.45) is 0 Å². The smallest absolute Gasteiger partial charge is 0.319 e. The van der Waals surface area contributed by atoms with Gasteiger partial charge >= 0.3 is 5.97 Å². The quantitative estimate of drug-likeness (QED) is 0.289. The molecule has 0 aliphatic heterocycles. The van der Waals surface area contributed by atoms with E-state index in [0.29, 0.717) is 11.1 Å². The Balaban J connectivity index is 2.10. The van der Waals surface area contributed by atoms with Gasteiger partial charge in [0.15, 0.2) is 4.34 Å². The summed E-state index contributed by atoms with van der Waals surface area (Å²) >= 11 is 2.73. The zero-order valence-corrected chi connectivity index (χ0v) is 20.6. The number of rotatable bonds is 13. The van der Waals surface area contributed by atoms with Crippen LogP contribution >= 0.6 is 23.1 Å². The van der Waals surface area contributed by atoms with Gasteiger partial charge in [-0.3, -0.25) is 4.79 Å². The van der Waals surface area contributed by atoms with E-state index in [-0.39, 0.29) is 0 Å². The summed E-state index contributed by atoms with van der Waals surface area (Å²) in [4.78, 5) is 18.2. The number of nitriles is 2. The number of thioether (sulfide) groups is 1. The van der Waals surface area contributed by atoms with Gasteiger partial charge in [0.05, 0.1) is 16.8 Å². The molecule has 1 aromatic heterocycles. The topological polar surface area (TPSA) is 101 Å². The highest BCUT2D eigenvalue weighted by Crippen LogP contribution is 2.34. The maximum absolute atomic E-state index is 11.4. The summed E-state index contributed by atoms with van der Waals surface area (Å²) in [6.07, 6.45) is 6.60. The molecule has 0 amide bonds. The second-order valence-corrected chi connectivity index (χ2v) is 10.9. The Hall–Kier alpha value is -2.55. The van der Waals surface area contributed by atoms with Gasteiger partial charge in [0.2, 0.25) is 0 Å². The van der Waals surface area contributed by atoms with E-state index in [4.69, 9.17) is 0 Å². The monoisotopic (exact) mass is 470 g/mol. The highest BCUT2D eigenvalue weighted by Gasteiger charge is 2.29. The molecule has 0 saturated heterocycles. The van der Waals surface area contributed by atoms with Crippen molar-refractivity contribution < 1.29 is 9.90 Å². The van der Waals surface area contributed by atoms with E-state index in [2.05, 4.69) is 28.9 Å². The van der Waals surface area contributed by atoms with Crippen molar-refractivity contribution in [2.45, 2.75) is 68.4 Å². The number of benzene rings is 1. The number of anilines is 1. The molecule has 0 unspecified atom stereocenters. The van der Waals surface area contributed by atoms with Crippen LogP contribution < -0.4 is 4.90 Å². The molecule has 170 valence electrons. The molecular weight excluding hydrogens is 440 g/mol. The highest BCUT2D eigenvalue weighted by molar-refractivity contribution is 8.02. The molecule has 8 heteroatoms. The normalized spacial score (nSPS) is 11.0. The number of hydrogen-bond donors (Lipinski definition) is 1. The molecule has 0 saturated carbocycles. The van der Waals surface area contributed by atoms with Crippen LogP contribution in [0, 0.1) is 22.7 Å². The van der Waals surface area contributed by atoms with Crippen LogP contribution in [0.4, 0.5) is 5.69 Å². The number of unbranched alkanes of at least 4 members (excludes halogenated alkanes) is 4. The lowest BCUT2D eigenvalue weighted by atomic mass is 10.1. The van der Waals surface area contributed by atoms with Crippen molar-refractivity contribution in [3.63, 3.8) is 0 Å². The largest absolute Gasteiger partial charge is 0.480 e. The Morgan fingerprint density at radius 1 is 1.16 bits per heavy atom. The Morgan fingerprint density at radius 2 is 1.88 bits per heavy atom. The third-order valence-corrected chi connectivity index (χ3v) is 7.34. The van der Waals surface area contributed by atoms with Crippen LogP contribution in [0.3, 0.4) is 0 Å². The van der Waals surface area contributed by atoms with Crippen molar-refractivity contribution in [3.8, 4) is 12.1 Å². The maximum atomic E-state index is 11.4. The van der Waals surface area contributed by atoms with Crippen LogP contribution in [0.2, 0.25) is 0 Å². The number of carbonyl (C=O) groups is 1. The van der Waals surface area contributed by atoms with Gasteiger partial charge in [-0.25, -0.2) is 4.98 Å². The SMILES string of the molecule is CCCCCCCN(CCc1csc(SC(C)(C)C(=O)O)n1)c1ccc(C#N)c(C#N)c1. The first-order valence-electron chi connectivity index (χ1n) is 10.9. The van der Waals surface area contributed by atoms with E-state index in [9.17, 15) is 20.4 Å². The van der Waals surface area contributed by atoms with Crippen LogP contribution in [0.1, 0.15) is 69.7 Å². The Labute approximate surface area is 198 Å². The minimum atomic E-state index is -0.921. The van der Waals surface area contributed by atoms with Crippen molar-refractivity contribution >= 4 is 34.8 Å². The zero-order chi connectivity index (χ0) is 23.6. The molecule has 1 heterocycles. The summed E-state index contributed by atoms with van der Waals surface area (Å²) in [6, 6.07) is 9.61. The van der Waals surface area contributed by atoms with Crippen molar-refractivity contribution in [1.29, 1.82) is 10.5 Å². The summed E-state index contributed by atoms with van der Waals surface area (Å²) < 4.78 is -0.167. The summed E-state index contributed by atoms with van der Waals surface area (Å²) in [5.41, 5.74) is 2.65. The predicted octanol–water partition coefficient (Wildman–Crippen LogP) is 5.86. The highest BCUT2D eigenvalue weighted by atomic mass is 32.2. The van der Waals surface area contributed by atoms with Gasteiger partial charge in [-0.2, -0.15) is 10.5 Å². The minimum absolute atomic E-state index is 0.390. The lowest BCUT2D eigenvalue weighted by molar-refractivity contribution is -0.138. The van der Waals surface area contributed by atoms with Gasteiger partial charge in [0, 0.05) is 30.6 Å². The van der Waals surface area contributed by atoms with Gasteiger partial charge in [-0.15, -0.1) is 11.3 Å². The van der Waals surface area contributed by atoms with Crippen LogP contribution in [0.25, 0.3) is 0 Å². The molecule has 1 aromatic carbocycles. The van der Waals surface area contributed by atoms with Gasteiger partial charge in [-0.05, 0) is 38.5 Å². The van der Waals surface area contributed by atoms with Crippen LogP contribution in [0.15, 0.2) is 27.9 Å². The first-order chi connectivity index (χ1) is 15.3. The van der Waals surface area contributed by atoms with Gasteiger partial charge < -0.3 is 10.0 Å². The second kappa shape index (κ2) is 12.5. The molecule has 0 radical (unpaired) electrons. The molecule has 0 aliphatic rings. The Bertz CT molecular complexity index is 989. The van der Waals surface area contributed by atoms with Crippen molar-refractivity contribution in [2.75, 3.05) is 18.0 Å². The average Bonchev–Trinajstić information content (AvgIpc) is 3.21. The molecule has 2 aromatic rings. The average molecular weight is 471 g/mol. The zero-order valence-electron chi connectivity index (χ0n) is 18.9. The number of nitrogens with zero attached hydrogens (tertiary/aromatic N) is 4. The van der Waals surface area contributed by atoms with Gasteiger partial charge in [0.1, 0.15) is 16.9 Å². The second-order valence-electron chi connectivity index (χ2n) is 8.13. The molecule has 0 spiro atoms. The first kappa shape index (κ1) is 25.7. The third-order valence-electron chi connectivity index (χ3n) is 5.17. The third kappa shape index (κ3) is 7.55. The Morgan fingerprint density at radius 3 is 2.53 bits per heavy atom. The summed E-state index contributed by atoms with van der Waals surface area (Å²) in [7, 11) is 0. The molecule has 0 aliphatic carbocycles. The number of carboxylic acid groups (broad SMARTS) is 1. The number of hydrogen-bond acceptors (Lipinski definition) is 7. The van der Waals surface area contributed by atoms with Crippen molar-refractivity contribution in [3.05, 3.63) is 40.4 Å². The molecule has 0 atom stereocenters. The predicted molar refractivity (Wildman–Crippen MR) is 130 cm³/mol. The summed E-state index contributed by atoms with van der Waals surface area (Å²) in [6.45, 7) is 7.17. The lowest BCUT2D eigenvalue weighted by Gasteiger charge is -2.25. The number of thiazole rings is 1. The molecular formula is C24H30N4O2S2. The van der Waals surface area contributed by atoms with E-state index in [1.807, 2.05) is 11.4 Å². The van der Waals surface area contributed by atoms with Gasteiger partial charge in [-0.1, -0.05) is 44.4 Å². The van der Waals surface area contributed by atoms with Gasteiger partial charge in [0.25, 0.3) is 0 Å². The molecule has 2 rings (SSSR count). The first-order valence-corrected chi connectivity index (χ1v) is 12.6. The number of aromatic nitrogens is 1. The van der Waals surface area contributed by atoms with Crippen LogP contribution in [0.5, 0.6) is 0 Å². The van der Waals surface area contributed by atoms with Crippen LogP contribution in [-0.2, 0) is 11.2 Å². The number of aliphatic carboxylic acids is 1. The van der Waals surface area contributed by atoms with E-state index in [1.165, 1.54) is 42.4 Å². The minimum Gasteiger partial charge on any atom is -0.480 e. The fourth-order valence-electron chi connectivity index (χ4n) is 3.16. The lowest BCUT2D eigenvalue weighted by Crippen LogP contribution is -2.27. The van der Waals surface area contributed by atoms with E-state index in [1.54, 1.807) is 26.0 Å². The van der Waals surface area contributed by atoms with Crippen molar-refractivity contribution in [1.82, 2.24) is 4.98 Å². The molecule has 1 N–H and O–H groups in total. The summed E-state index contributed by atoms with van der Waals surface area (Å²) in [5, 5.41) is 29.9. The molecule has 6 nitrogen and oxygen atoms in total. The summed E-state index contributed by atoms with van der Waals surface area (Å²) in [5.74, 6) is -0.859. The number of carboxylic acids is 1. The standard InChI is InChI=1S/C24H30N4O2S2/c1-4-5-6-7-8-12-28(21-10-9-18(15-25)19(14-21)16-26)13-11-20-17-31-23(27-20)32-24(2,3)22(29)30/h9-10,14,17H,4-8,11-13H2,1-3H3,(H,29,30). The fraction of sp³-hybridized carbons (Fsp3) is 0.500. The van der Waals surface area contributed by atoms with E-state index >= 15 is 0 Å². The van der Waals surface area contributed by atoms with E-state index in [0.717, 1.165) is 48.1 Å². The fourth-order valence-corrected chi connectivity index (χ4v) is 5.38. The molecule has 0 bridgehead atoms. The molecule has 32 heavy (non-hydrogen) atoms. The molecule has 0 fully saturated rings. The Kier molecular flexibility index (Phi) is 10.0. The maximum Gasteiger partial charge on any atom is 0.319 e.